The van der Waals surface area contributed by atoms with Crippen molar-refractivity contribution in [2.75, 3.05) is 6.67 Å². The Morgan fingerprint density at radius 2 is 1.85 bits per heavy atom. The fourth-order valence-electron chi connectivity index (χ4n) is 5.71. The molecule has 4 atom stereocenters. The van der Waals surface area contributed by atoms with Gasteiger partial charge in [-0.25, -0.2) is 4.39 Å². The molecule has 0 unspecified atom stereocenters. The van der Waals surface area contributed by atoms with E-state index in [1.165, 1.54) is 0 Å². The third-order valence-corrected chi connectivity index (χ3v) is 7.19. The van der Waals surface area contributed by atoms with Gasteiger partial charge in [0, 0.05) is 5.41 Å². The van der Waals surface area contributed by atoms with Crippen LogP contribution in [0.25, 0.3) is 0 Å². The molecule has 144 valence electrons. The topological polar surface area (TPSA) is 60.7 Å². The first-order valence-corrected chi connectivity index (χ1v) is 9.77. The van der Waals surface area contributed by atoms with Crippen molar-refractivity contribution in [2.45, 2.75) is 55.6 Å². The number of alkyl halides is 1. The lowest BCUT2D eigenvalue weighted by atomic mass is 9.48. The first-order chi connectivity index (χ1) is 12.9. The maximum Gasteiger partial charge on any atom is 0.126 e. The van der Waals surface area contributed by atoms with Crippen molar-refractivity contribution in [1.82, 2.24) is 0 Å². The maximum atomic E-state index is 14.3. The number of rotatable bonds is 3. The fourth-order valence-corrected chi connectivity index (χ4v) is 5.71. The van der Waals surface area contributed by atoms with Gasteiger partial charge >= 0.3 is 0 Å². The number of hydrogen-bond acceptors (Lipinski definition) is 3. The summed E-state index contributed by atoms with van der Waals surface area (Å²) in [5.41, 5.74) is -1.14. The molecule has 4 rings (SSSR count). The zero-order valence-electron chi connectivity index (χ0n) is 15.7. The summed E-state index contributed by atoms with van der Waals surface area (Å²) in [6.45, 7) is 1.07. The van der Waals surface area contributed by atoms with Crippen LogP contribution in [0.3, 0.4) is 0 Å². The summed E-state index contributed by atoms with van der Waals surface area (Å²) in [5, 5.41) is 32.8. The van der Waals surface area contributed by atoms with Crippen molar-refractivity contribution in [3.05, 3.63) is 65.2 Å². The minimum Gasteiger partial charge on any atom is -0.508 e. The van der Waals surface area contributed by atoms with Gasteiger partial charge < -0.3 is 15.3 Å². The van der Waals surface area contributed by atoms with Crippen LogP contribution in [-0.4, -0.2) is 27.6 Å². The average molecular weight is 370 g/mol. The number of halogens is 1. The molecule has 0 spiro atoms. The van der Waals surface area contributed by atoms with E-state index >= 15 is 0 Å². The molecule has 2 aromatic rings. The van der Waals surface area contributed by atoms with Gasteiger partial charge in [0.05, 0.1) is 0 Å². The van der Waals surface area contributed by atoms with Crippen LogP contribution < -0.4 is 0 Å². The van der Waals surface area contributed by atoms with Crippen molar-refractivity contribution in [2.24, 2.45) is 5.92 Å². The Morgan fingerprint density at radius 1 is 1.11 bits per heavy atom. The average Bonchev–Trinajstić information content (AvgIpc) is 2.69. The van der Waals surface area contributed by atoms with Crippen LogP contribution in [0.1, 0.15) is 49.3 Å². The van der Waals surface area contributed by atoms with E-state index < -0.39 is 23.3 Å². The maximum absolute atomic E-state index is 14.3. The molecule has 27 heavy (non-hydrogen) atoms. The van der Waals surface area contributed by atoms with Crippen LogP contribution in [-0.2, 0) is 17.4 Å². The van der Waals surface area contributed by atoms with Gasteiger partial charge in [-0.3, -0.25) is 0 Å². The van der Waals surface area contributed by atoms with Crippen molar-refractivity contribution in [3.8, 4) is 5.75 Å². The first-order valence-electron chi connectivity index (χ1n) is 9.77. The van der Waals surface area contributed by atoms with Gasteiger partial charge in [-0.2, -0.15) is 0 Å². The van der Waals surface area contributed by atoms with Crippen molar-refractivity contribution >= 4 is 0 Å². The number of aryl methyl sites for hydroxylation is 1. The second-order valence-electron chi connectivity index (χ2n) is 8.36. The Kier molecular flexibility index (Phi) is 4.32. The van der Waals surface area contributed by atoms with Gasteiger partial charge in [-0.15, -0.1) is 0 Å². The number of benzene rings is 2. The molecular weight excluding hydrogens is 343 g/mol. The first kappa shape index (κ1) is 18.5. The van der Waals surface area contributed by atoms with Gasteiger partial charge in [0.1, 0.15) is 23.6 Å². The van der Waals surface area contributed by atoms with Crippen LogP contribution in [0.5, 0.6) is 5.75 Å². The zero-order chi connectivity index (χ0) is 19.3. The third kappa shape index (κ3) is 2.54. The van der Waals surface area contributed by atoms with Gasteiger partial charge in [0.25, 0.3) is 0 Å². The molecule has 2 aromatic carbocycles. The Labute approximate surface area is 159 Å². The monoisotopic (exact) mass is 370 g/mol. The van der Waals surface area contributed by atoms with Crippen molar-refractivity contribution in [1.29, 1.82) is 0 Å². The Hall–Kier alpha value is -1.91. The van der Waals surface area contributed by atoms with E-state index in [1.54, 1.807) is 24.3 Å². The van der Waals surface area contributed by atoms with E-state index in [-0.39, 0.29) is 18.1 Å². The van der Waals surface area contributed by atoms with E-state index in [0.717, 1.165) is 30.4 Å². The van der Waals surface area contributed by atoms with Gasteiger partial charge in [0.2, 0.25) is 0 Å². The molecule has 0 amide bonds. The Bertz CT molecular complexity index is 839. The highest BCUT2D eigenvalue weighted by molar-refractivity contribution is 5.45. The Balaban J connectivity index is 1.86. The normalized spacial score (nSPS) is 35.3. The zero-order valence-corrected chi connectivity index (χ0v) is 15.7. The third-order valence-electron chi connectivity index (χ3n) is 7.19. The molecule has 2 aliphatic carbocycles. The molecule has 1 saturated carbocycles. The predicted molar refractivity (Wildman–Crippen MR) is 102 cm³/mol. The second-order valence-corrected chi connectivity index (χ2v) is 8.36. The lowest BCUT2D eigenvalue weighted by Crippen LogP contribution is -2.64. The van der Waals surface area contributed by atoms with E-state index in [4.69, 9.17) is 0 Å². The lowest BCUT2D eigenvalue weighted by molar-refractivity contribution is -0.220. The van der Waals surface area contributed by atoms with Crippen LogP contribution in [0.4, 0.5) is 4.39 Å². The molecule has 3 N–H and O–H groups in total. The molecule has 0 bridgehead atoms. The fraction of sp³-hybridized carbons (Fsp3) is 0.478. The second kappa shape index (κ2) is 6.32. The molecule has 0 aromatic heterocycles. The molecule has 0 radical (unpaired) electrons. The van der Waals surface area contributed by atoms with Crippen LogP contribution in [0, 0.1) is 5.92 Å². The number of hydrogen-bond donors (Lipinski definition) is 3. The lowest BCUT2D eigenvalue weighted by Gasteiger charge is -2.59. The molecule has 2 aliphatic rings. The predicted octanol–water partition coefficient (Wildman–Crippen LogP) is 3.98. The van der Waals surface area contributed by atoms with Gasteiger partial charge in [0.15, 0.2) is 0 Å². The highest BCUT2D eigenvalue weighted by Crippen LogP contribution is 2.60. The van der Waals surface area contributed by atoms with E-state index in [2.05, 4.69) is 6.92 Å². The van der Waals surface area contributed by atoms with Crippen molar-refractivity contribution in [3.63, 3.8) is 0 Å². The Morgan fingerprint density at radius 3 is 2.52 bits per heavy atom. The molecule has 0 aliphatic heterocycles. The molecule has 0 saturated heterocycles. The van der Waals surface area contributed by atoms with Crippen LogP contribution in [0.15, 0.2) is 48.5 Å². The summed E-state index contributed by atoms with van der Waals surface area (Å²) in [4.78, 5) is 0. The van der Waals surface area contributed by atoms with Crippen LogP contribution >= 0.6 is 0 Å². The number of fused-ring (bicyclic) bond motifs is 3. The summed E-state index contributed by atoms with van der Waals surface area (Å²) >= 11 is 0. The number of phenols is 1. The number of aromatic hydroxyl groups is 1. The van der Waals surface area contributed by atoms with E-state index in [9.17, 15) is 19.7 Å². The minimum atomic E-state index is -1.85. The summed E-state index contributed by atoms with van der Waals surface area (Å²) in [5.74, 6) is 0.368. The summed E-state index contributed by atoms with van der Waals surface area (Å²) in [7, 11) is 0. The molecule has 1 fully saturated rings. The molecular formula is C23H27FO3. The summed E-state index contributed by atoms with van der Waals surface area (Å²) in [6, 6.07) is 14.4. The number of phenolic OH excluding ortho intramolecular Hbond substituents is 1. The summed E-state index contributed by atoms with van der Waals surface area (Å²) in [6.07, 6.45) is 2.91. The number of aliphatic hydroxyl groups is 2. The van der Waals surface area contributed by atoms with Crippen LogP contribution in [0.2, 0.25) is 0 Å². The largest absolute Gasteiger partial charge is 0.508 e. The smallest absolute Gasteiger partial charge is 0.126 e. The van der Waals surface area contributed by atoms with Crippen molar-refractivity contribution < 1.29 is 19.7 Å². The SMILES string of the molecule is CC[C@@]12C[C@](O)(CF)[C@](O)(c3ccccc3)C[C@H]1CCc1cc(O)ccc12. The standard InChI is InChI=1S/C23H27FO3/c1-2-21-14-22(26,15-24)23(27,17-6-4-3-5-7-17)13-18(21)9-8-16-12-19(25)10-11-20(16)21/h3-7,10-12,18,25-27H,2,8-9,13-15H2,1H3/t18-,21-,22+,23-/m1/s1. The summed E-state index contributed by atoms with van der Waals surface area (Å²) < 4.78 is 14.3. The molecule has 0 heterocycles. The minimum absolute atomic E-state index is 0.136. The van der Waals surface area contributed by atoms with Gasteiger partial charge in [-0.05, 0) is 66.8 Å². The van der Waals surface area contributed by atoms with Gasteiger partial charge in [-0.1, -0.05) is 43.3 Å². The highest BCUT2D eigenvalue weighted by Gasteiger charge is 2.62. The van der Waals surface area contributed by atoms with E-state index in [1.807, 2.05) is 24.3 Å². The molecule has 4 heteroatoms. The highest BCUT2D eigenvalue weighted by atomic mass is 19.1. The van der Waals surface area contributed by atoms with E-state index in [0.29, 0.717) is 12.0 Å². The molecule has 3 nitrogen and oxygen atoms in total. The quantitative estimate of drug-likeness (QED) is 0.766.